The Labute approximate surface area is 222 Å². The summed E-state index contributed by atoms with van der Waals surface area (Å²) in [7, 11) is 0. The van der Waals surface area contributed by atoms with Crippen LogP contribution in [-0.4, -0.2) is 47.0 Å². The van der Waals surface area contributed by atoms with Crippen LogP contribution in [0.25, 0.3) is 0 Å². The van der Waals surface area contributed by atoms with Gasteiger partial charge in [-0.1, -0.05) is 69.7 Å². The van der Waals surface area contributed by atoms with Crippen molar-refractivity contribution in [3.63, 3.8) is 0 Å². The van der Waals surface area contributed by atoms with Gasteiger partial charge in [0.1, 0.15) is 17.7 Å². The molecular weight excluding hydrogens is 466 g/mol. The molecular formula is C30H43N3O4. The lowest BCUT2D eigenvalue weighted by atomic mass is 9.92. The molecule has 7 heteroatoms. The predicted molar refractivity (Wildman–Crippen MR) is 147 cm³/mol. The van der Waals surface area contributed by atoms with Crippen LogP contribution in [0.2, 0.25) is 0 Å². The molecule has 0 heterocycles. The van der Waals surface area contributed by atoms with E-state index in [9.17, 15) is 14.4 Å². The minimum Gasteiger partial charge on any atom is -0.444 e. The standard InChI is InChI=1S/C30H43N3O4/c1-8-20-33(28(35)25(21(4)9-2)32-29(36)37-30(5,6)7)26(24-19-15-14-16-22(24)10-3)27(34)31-23-17-12-11-13-18-23/h3,8,14-16,19,21,23,25-26H,1,9,11-13,17-18,20H2,2,4-7H3,(H,31,34)(H,32,36). The fraction of sp³-hybridized carbons (Fsp3) is 0.567. The zero-order valence-electron chi connectivity index (χ0n) is 23.0. The van der Waals surface area contributed by atoms with Gasteiger partial charge in [-0.25, -0.2) is 4.79 Å². The molecule has 2 rings (SSSR count). The van der Waals surface area contributed by atoms with Gasteiger partial charge in [0, 0.05) is 18.2 Å². The van der Waals surface area contributed by atoms with Crippen LogP contribution < -0.4 is 10.6 Å². The van der Waals surface area contributed by atoms with Gasteiger partial charge in [0.2, 0.25) is 11.8 Å². The van der Waals surface area contributed by atoms with Gasteiger partial charge in [0.15, 0.2) is 0 Å². The van der Waals surface area contributed by atoms with Crippen molar-refractivity contribution >= 4 is 17.9 Å². The third-order valence-electron chi connectivity index (χ3n) is 6.68. The van der Waals surface area contributed by atoms with Crippen molar-refractivity contribution in [1.29, 1.82) is 0 Å². The second-order valence-corrected chi connectivity index (χ2v) is 10.8. The quantitative estimate of drug-likeness (QED) is 0.339. The van der Waals surface area contributed by atoms with Gasteiger partial charge in [-0.05, 0) is 51.2 Å². The van der Waals surface area contributed by atoms with Crippen molar-refractivity contribution in [2.75, 3.05) is 6.54 Å². The maximum Gasteiger partial charge on any atom is 0.408 e. The molecule has 202 valence electrons. The van der Waals surface area contributed by atoms with Crippen LogP contribution >= 0.6 is 0 Å². The third-order valence-corrected chi connectivity index (χ3v) is 6.68. The number of carbonyl (C=O) groups excluding carboxylic acids is 3. The van der Waals surface area contributed by atoms with E-state index in [0.717, 1.165) is 32.1 Å². The van der Waals surface area contributed by atoms with Crippen LogP contribution in [0.1, 0.15) is 90.3 Å². The van der Waals surface area contributed by atoms with E-state index in [4.69, 9.17) is 11.2 Å². The van der Waals surface area contributed by atoms with Crippen LogP contribution in [0.5, 0.6) is 0 Å². The highest BCUT2D eigenvalue weighted by molar-refractivity contribution is 5.93. The Morgan fingerprint density at radius 3 is 2.43 bits per heavy atom. The van der Waals surface area contributed by atoms with Crippen LogP contribution in [-0.2, 0) is 14.3 Å². The molecule has 1 aliphatic carbocycles. The summed E-state index contributed by atoms with van der Waals surface area (Å²) in [5, 5.41) is 5.93. The van der Waals surface area contributed by atoms with Crippen LogP contribution in [0.4, 0.5) is 4.79 Å². The molecule has 0 spiro atoms. The normalized spacial score (nSPS) is 16.4. The van der Waals surface area contributed by atoms with Crippen molar-refractivity contribution in [1.82, 2.24) is 15.5 Å². The van der Waals surface area contributed by atoms with E-state index in [1.165, 1.54) is 4.90 Å². The zero-order chi connectivity index (χ0) is 27.6. The third kappa shape index (κ3) is 8.66. The molecule has 3 unspecified atom stereocenters. The average Bonchev–Trinajstić information content (AvgIpc) is 2.86. The maximum absolute atomic E-state index is 14.1. The number of hydrogen-bond donors (Lipinski definition) is 2. The molecule has 2 N–H and O–H groups in total. The van der Waals surface area contributed by atoms with Crippen LogP contribution in [0.3, 0.4) is 0 Å². The van der Waals surface area contributed by atoms with Crippen LogP contribution in [0.15, 0.2) is 36.9 Å². The number of nitrogens with one attached hydrogen (secondary N) is 2. The Morgan fingerprint density at radius 1 is 1.22 bits per heavy atom. The molecule has 0 radical (unpaired) electrons. The monoisotopic (exact) mass is 509 g/mol. The number of ether oxygens (including phenoxy) is 1. The molecule has 1 aliphatic rings. The molecule has 3 atom stereocenters. The number of nitrogens with zero attached hydrogens (tertiary/aromatic N) is 1. The van der Waals surface area contributed by atoms with Gasteiger partial charge in [-0.2, -0.15) is 0 Å². The molecule has 3 amide bonds. The van der Waals surface area contributed by atoms with E-state index in [1.54, 1.807) is 51.1 Å². The number of benzene rings is 1. The highest BCUT2D eigenvalue weighted by atomic mass is 16.6. The molecule has 1 fully saturated rings. The summed E-state index contributed by atoms with van der Waals surface area (Å²) in [4.78, 5) is 42.1. The van der Waals surface area contributed by atoms with Gasteiger partial charge in [0.05, 0.1) is 0 Å². The number of carbonyl (C=O) groups is 3. The predicted octanol–water partition coefficient (Wildman–Crippen LogP) is 5.11. The highest BCUT2D eigenvalue weighted by Crippen LogP contribution is 2.28. The topological polar surface area (TPSA) is 87.7 Å². The fourth-order valence-corrected chi connectivity index (χ4v) is 4.60. The van der Waals surface area contributed by atoms with E-state index >= 15 is 0 Å². The van der Waals surface area contributed by atoms with Gasteiger partial charge >= 0.3 is 6.09 Å². The summed E-state index contributed by atoms with van der Waals surface area (Å²) in [6.07, 6.45) is 12.4. The molecule has 0 aromatic heterocycles. The summed E-state index contributed by atoms with van der Waals surface area (Å²) in [6, 6.07) is 5.32. The average molecular weight is 510 g/mol. The van der Waals surface area contributed by atoms with E-state index in [2.05, 4.69) is 23.1 Å². The summed E-state index contributed by atoms with van der Waals surface area (Å²) in [5.74, 6) is 1.77. The number of terminal acetylenes is 1. The second kappa shape index (κ2) is 13.9. The Balaban J connectivity index is 2.51. The van der Waals surface area contributed by atoms with Gasteiger partial charge in [-0.3, -0.25) is 9.59 Å². The lowest BCUT2D eigenvalue weighted by Crippen LogP contribution is -2.56. The second-order valence-electron chi connectivity index (χ2n) is 10.8. The minimum absolute atomic E-state index is 0.0488. The number of hydrogen-bond acceptors (Lipinski definition) is 4. The van der Waals surface area contributed by atoms with E-state index < -0.39 is 29.7 Å². The van der Waals surface area contributed by atoms with E-state index in [1.807, 2.05) is 13.8 Å². The van der Waals surface area contributed by atoms with E-state index in [-0.39, 0.29) is 24.4 Å². The maximum atomic E-state index is 14.1. The molecule has 0 bridgehead atoms. The summed E-state index contributed by atoms with van der Waals surface area (Å²) in [6.45, 7) is 13.1. The molecule has 7 nitrogen and oxygen atoms in total. The lowest BCUT2D eigenvalue weighted by Gasteiger charge is -2.36. The number of rotatable bonds is 10. The number of amides is 3. The van der Waals surface area contributed by atoms with Crippen molar-refractivity contribution in [2.45, 2.75) is 96.9 Å². The van der Waals surface area contributed by atoms with Crippen LogP contribution in [0, 0.1) is 18.3 Å². The van der Waals surface area contributed by atoms with Gasteiger partial charge in [0.25, 0.3) is 0 Å². The van der Waals surface area contributed by atoms with Gasteiger partial charge < -0.3 is 20.3 Å². The van der Waals surface area contributed by atoms with Crippen molar-refractivity contribution in [2.24, 2.45) is 5.92 Å². The van der Waals surface area contributed by atoms with E-state index in [0.29, 0.717) is 17.5 Å². The molecule has 1 aromatic rings. The molecule has 0 aliphatic heterocycles. The lowest BCUT2D eigenvalue weighted by molar-refractivity contribution is -0.143. The smallest absolute Gasteiger partial charge is 0.408 e. The first-order valence-electron chi connectivity index (χ1n) is 13.3. The fourth-order valence-electron chi connectivity index (χ4n) is 4.60. The van der Waals surface area contributed by atoms with Crippen molar-refractivity contribution in [3.8, 4) is 12.3 Å². The summed E-state index contributed by atoms with van der Waals surface area (Å²) in [5.41, 5.74) is 0.379. The van der Waals surface area contributed by atoms with Crippen molar-refractivity contribution < 1.29 is 19.1 Å². The first kappa shape index (κ1) is 30.0. The molecule has 0 saturated heterocycles. The summed E-state index contributed by atoms with van der Waals surface area (Å²) >= 11 is 0. The van der Waals surface area contributed by atoms with Crippen molar-refractivity contribution in [3.05, 3.63) is 48.0 Å². The Bertz CT molecular complexity index is 985. The number of alkyl carbamates (subject to hydrolysis) is 1. The summed E-state index contributed by atoms with van der Waals surface area (Å²) < 4.78 is 5.44. The first-order valence-corrected chi connectivity index (χ1v) is 13.3. The molecule has 1 aromatic carbocycles. The minimum atomic E-state index is -0.980. The first-order chi connectivity index (χ1) is 17.5. The zero-order valence-corrected chi connectivity index (χ0v) is 23.0. The Hall–Kier alpha value is -3.27. The molecule has 37 heavy (non-hydrogen) atoms. The van der Waals surface area contributed by atoms with Gasteiger partial charge in [-0.15, -0.1) is 13.0 Å². The SMILES string of the molecule is C#Cc1ccccc1C(C(=O)NC1CCCCC1)N(CC=C)C(=O)C(NC(=O)OC(C)(C)C)C(C)CC. The Morgan fingerprint density at radius 2 is 1.86 bits per heavy atom. The largest absolute Gasteiger partial charge is 0.444 e. The molecule has 1 saturated carbocycles. The highest BCUT2D eigenvalue weighted by Gasteiger charge is 2.39. The Kier molecular flexibility index (Phi) is 11.2.